The van der Waals surface area contributed by atoms with Gasteiger partial charge in [-0.3, -0.25) is 24.5 Å². The number of nitrogens with zero attached hydrogens (tertiary/aromatic N) is 1. The van der Waals surface area contributed by atoms with Gasteiger partial charge < -0.3 is 16.0 Å². The number of hydrogen-bond donors (Lipinski definition) is 3. The summed E-state index contributed by atoms with van der Waals surface area (Å²) in [6.07, 6.45) is 4.46. The first-order chi connectivity index (χ1) is 14.0. The molecule has 2 aliphatic heterocycles. The summed E-state index contributed by atoms with van der Waals surface area (Å²) in [7, 11) is 0. The van der Waals surface area contributed by atoms with Crippen LogP contribution >= 0.6 is 0 Å². The molecule has 0 spiro atoms. The predicted octanol–water partition coefficient (Wildman–Crippen LogP) is 0.695. The standard InChI is InChI=1S/C21H26N4O4/c22-10-12-1-4-15(5-2-12)23-19(27)13-3-6-16-14(9-13)11-25(21(16)29)17-7-8-18(26)24-20(17)28/h3,6,9,12,15,17H,1-2,4-5,7-8,10-11,22H2,(H,23,27)(H,24,26,28). The van der Waals surface area contributed by atoms with Crippen molar-refractivity contribution in [1.82, 2.24) is 15.5 Å². The second-order valence-electron chi connectivity index (χ2n) is 8.20. The van der Waals surface area contributed by atoms with Gasteiger partial charge >= 0.3 is 0 Å². The van der Waals surface area contributed by atoms with E-state index >= 15 is 0 Å². The smallest absolute Gasteiger partial charge is 0.255 e. The van der Waals surface area contributed by atoms with E-state index in [0.29, 0.717) is 30.0 Å². The van der Waals surface area contributed by atoms with E-state index in [4.69, 9.17) is 5.73 Å². The second-order valence-corrected chi connectivity index (χ2v) is 8.20. The summed E-state index contributed by atoms with van der Waals surface area (Å²) in [5.41, 5.74) is 7.48. The van der Waals surface area contributed by atoms with Gasteiger partial charge in [-0.1, -0.05) is 0 Å². The highest BCUT2D eigenvalue weighted by molar-refractivity contribution is 6.06. The largest absolute Gasteiger partial charge is 0.349 e. The molecule has 1 aromatic rings. The number of carbonyl (C=O) groups is 4. The van der Waals surface area contributed by atoms with Gasteiger partial charge in [0, 0.05) is 30.1 Å². The maximum absolute atomic E-state index is 12.7. The molecule has 1 aromatic carbocycles. The van der Waals surface area contributed by atoms with E-state index < -0.39 is 11.9 Å². The SMILES string of the molecule is NCC1CCC(NC(=O)c2ccc3c(c2)CN(C2CCC(=O)NC2=O)C3=O)CC1. The molecule has 2 fully saturated rings. The van der Waals surface area contributed by atoms with E-state index in [-0.39, 0.29) is 36.7 Å². The van der Waals surface area contributed by atoms with Crippen LogP contribution in [0.4, 0.5) is 0 Å². The Hall–Kier alpha value is -2.74. The van der Waals surface area contributed by atoms with Crippen molar-refractivity contribution in [2.75, 3.05) is 6.54 Å². The highest BCUT2D eigenvalue weighted by Gasteiger charge is 2.39. The number of imide groups is 1. The zero-order valence-corrected chi connectivity index (χ0v) is 16.3. The Balaban J connectivity index is 1.43. The zero-order chi connectivity index (χ0) is 20.5. The third-order valence-corrected chi connectivity index (χ3v) is 6.30. The quantitative estimate of drug-likeness (QED) is 0.645. The van der Waals surface area contributed by atoms with Crippen molar-refractivity contribution in [2.24, 2.45) is 11.7 Å². The Kier molecular flexibility index (Phi) is 5.36. The number of rotatable bonds is 4. The molecule has 1 aliphatic carbocycles. The van der Waals surface area contributed by atoms with Gasteiger partial charge in [0.2, 0.25) is 11.8 Å². The first-order valence-corrected chi connectivity index (χ1v) is 10.2. The van der Waals surface area contributed by atoms with Crippen LogP contribution in [0.1, 0.15) is 64.8 Å². The van der Waals surface area contributed by atoms with Gasteiger partial charge in [0.25, 0.3) is 11.8 Å². The fourth-order valence-electron chi connectivity index (χ4n) is 4.53. The van der Waals surface area contributed by atoms with Crippen molar-refractivity contribution in [3.05, 3.63) is 34.9 Å². The molecule has 1 atom stereocenters. The number of nitrogens with one attached hydrogen (secondary N) is 2. The molecule has 3 aliphatic rings. The lowest BCUT2D eigenvalue weighted by Crippen LogP contribution is -2.52. The highest BCUT2D eigenvalue weighted by atomic mass is 16.2. The Bertz CT molecular complexity index is 860. The molecular formula is C21H26N4O4. The fourth-order valence-corrected chi connectivity index (χ4v) is 4.53. The van der Waals surface area contributed by atoms with Gasteiger partial charge in [-0.05, 0) is 68.3 Å². The van der Waals surface area contributed by atoms with Crippen LogP contribution in [0.2, 0.25) is 0 Å². The lowest BCUT2D eigenvalue weighted by atomic mass is 9.86. The van der Waals surface area contributed by atoms with Crippen LogP contribution in [0.25, 0.3) is 0 Å². The average molecular weight is 398 g/mol. The minimum atomic E-state index is -0.650. The van der Waals surface area contributed by atoms with Gasteiger partial charge in [0.05, 0.1) is 0 Å². The van der Waals surface area contributed by atoms with Crippen molar-refractivity contribution in [1.29, 1.82) is 0 Å². The summed E-state index contributed by atoms with van der Waals surface area (Å²) in [4.78, 5) is 50.4. The van der Waals surface area contributed by atoms with Crippen molar-refractivity contribution in [2.45, 2.75) is 57.2 Å². The van der Waals surface area contributed by atoms with Crippen LogP contribution < -0.4 is 16.4 Å². The van der Waals surface area contributed by atoms with E-state index in [2.05, 4.69) is 10.6 Å². The van der Waals surface area contributed by atoms with Gasteiger partial charge in [-0.25, -0.2) is 0 Å². The third kappa shape index (κ3) is 3.89. The molecule has 4 N–H and O–H groups in total. The molecule has 0 aromatic heterocycles. The first kappa shape index (κ1) is 19.6. The number of piperidine rings is 1. The topological polar surface area (TPSA) is 122 Å². The van der Waals surface area contributed by atoms with E-state index in [1.165, 1.54) is 4.90 Å². The van der Waals surface area contributed by atoms with Crippen LogP contribution in [0, 0.1) is 5.92 Å². The van der Waals surface area contributed by atoms with Crippen molar-refractivity contribution >= 4 is 23.6 Å². The van der Waals surface area contributed by atoms with Crippen LogP contribution in [0.5, 0.6) is 0 Å². The van der Waals surface area contributed by atoms with Gasteiger partial charge in [0.15, 0.2) is 0 Å². The maximum atomic E-state index is 12.7. The van der Waals surface area contributed by atoms with Crippen molar-refractivity contribution in [3.8, 4) is 0 Å². The minimum absolute atomic E-state index is 0.143. The molecule has 8 heteroatoms. The summed E-state index contributed by atoms with van der Waals surface area (Å²) < 4.78 is 0. The molecule has 4 rings (SSSR count). The molecule has 2 heterocycles. The monoisotopic (exact) mass is 398 g/mol. The average Bonchev–Trinajstić information content (AvgIpc) is 3.04. The summed E-state index contributed by atoms with van der Waals surface area (Å²) in [6.45, 7) is 0.965. The molecule has 0 radical (unpaired) electrons. The van der Waals surface area contributed by atoms with Gasteiger partial charge in [-0.15, -0.1) is 0 Å². The number of amides is 4. The molecule has 154 valence electrons. The van der Waals surface area contributed by atoms with Gasteiger partial charge in [-0.2, -0.15) is 0 Å². The molecule has 0 bridgehead atoms. The van der Waals surface area contributed by atoms with Gasteiger partial charge in [0.1, 0.15) is 6.04 Å². The number of carbonyl (C=O) groups excluding carboxylic acids is 4. The zero-order valence-electron chi connectivity index (χ0n) is 16.3. The Morgan fingerprint density at radius 3 is 2.59 bits per heavy atom. The Morgan fingerprint density at radius 1 is 1.14 bits per heavy atom. The molecule has 1 saturated carbocycles. The molecule has 4 amide bonds. The number of nitrogens with two attached hydrogens (primary N) is 1. The fraction of sp³-hybridized carbons (Fsp3) is 0.524. The third-order valence-electron chi connectivity index (χ3n) is 6.30. The molecule has 1 unspecified atom stereocenters. The number of hydrogen-bond acceptors (Lipinski definition) is 5. The van der Waals surface area contributed by atoms with Crippen molar-refractivity contribution in [3.63, 3.8) is 0 Å². The predicted molar refractivity (Wildman–Crippen MR) is 105 cm³/mol. The van der Waals surface area contributed by atoms with Crippen LogP contribution in [-0.4, -0.2) is 47.2 Å². The first-order valence-electron chi connectivity index (χ1n) is 10.2. The van der Waals surface area contributed by atoms with E-state index in [1.54, 1.807) is 18.2 Å². The highest BCUT2D eigenvalue weighted by Crippen LogP contribution is 2.28. The molecule has 8 nitrogen and oxygen atoms in total. The maximum Gasteiger partial charge on any atom is 0.255 e. The van der Waals surface area contributed by atoms with Crippen LogP contribution in [-0.2, 0) is 16.1 Å². The minimum Gasteiger partial charge on any atom is -0.349 e. The number of fused-ring (bicyclic) bond motifs is 1. The lowest BCUT2D eigenvalue weighted by Gasteiger charge is -2.29. The summed E-state index contributed by atoms with van der Waals surface area (Å²) in [5, 5.41) is 5.38. The van der Waals surface area contributed by atoms with E-state index in [9.17, 15) is 19.2 Å². The lowest BCUT2D eigenvalue weighted by molar-refractivity contribution is -0.136. The Labute approximate surface area is 169 Å². The normalized spacial score (nSPS) is 26.9. The molecule has 1 saturated heterocycles. The van der Waals surface area contributed by atoms with E-state index in [1.807, 2.05) is 0 Å². The summed E-state index contributed by atoms with van der Waals surface area (Å²) in [5.74, 6) is -0.576. The number of benzene rings is 1. The Morgan fingerprint density at radius 2 is 1.90 bits per heavy atom. The molecular weight excluding hydrogens is 372 g/mol. The summed E-state index contributed by atoms with van der Waals surface area (Å²) >= 11 is 0. The van der Waals surface area contributed by atoms with E-state index in [0.717, 1.165) is 31.2 Å². The van der Waals surface area contributed by atoms with Crippen LogP contribution in [0.15, 0.2) is 18.2 Å². The second kappa shape index (κ2) is 7.94. The van der Waals surface area contributed by atoms with Crippen molar-refractivity contribution < 1.29 is 19.2 Å². The summed E-state index contributed by atoms with van der Waals surface area (Å²) in [6, 6.07) is 4.55. The molecule has 29 heavy (non-hydrogen) atoms. The van der Waals surface area contributed by atoms with Crippen LogP contribution in [0.3, 0.4) is 0 Å².